The van der Waals surface area contributed by atoms with Crippen molar-refractivity contribution in [3.05, 3.63) is 33.9 Å². The number of ether oxygens (including phenoxy) is 1. The summed E-state index contributed by atoms with van der Waals surface area (Å²) in [5, 5.41) is 10.6. The molecule has 0 aliphatic carbocycles. The molecule has 1 atom stereocenters. The molecule has 1 aromatic carbocycles. The largest absolute Gasteiger partial charge is 0.426 e. The first kappa shape index (κ1) is 14.2. The molecule has 0 saturated carbocycles. The maximum Gasteiger partial charge on any atom is 0.314 e. The molecule has 0 amide bonds. The van der Waals surface area contributed by atoms with E-state index in [2.05, 4.69) is 0 Å². The number of benzene rings is 1. The predicted octanol–water partition coefficient (Wildman–Crippen LogP) is 3.24. The van der Waals surface area contributed by atoms with Crippen molar-refractivity contribution in [1.82, 2.24) is 0 Å². The van der Waals surface area contributed by atoms with Gasteiger partial charge < -0.3 is 4.74 Å². The summed E-state index contributed by atoms with van der Waals surface area (Å²) in [6, 6.07) is 4.30. The molecule has 0 heterocycles. The molecule has 18 heavy (non-hydrogen) atoms. The summed E-state index contributed by atoms with van der Waals surface area (Å²) in [6.45, 7) is 5.43. The van der Waals surface area contributed by atoms with Crippen LogP contribution >= 0.6 is 0 Å². The molecule has 0 fully saturated rings. The maximum atomic E-state index is 11.7. The Morgan fingerprint density at radius 1 is 1.50 bits per heavy atom. The lowest BCUT2D eigenvalue weighted by Gasteiger charge is -2.10. The number of aryl methyl sites for hydroxylation is 1. The van der Waals surface area contributed by atoms with Gasteiger partial charge in [0.25, 0.3) is 5.69 Å². The average Bonchev–Trinajstić information content (AvgIpc) is 2.28. The Balaban J connectivity index is 2.77. The van der Waals surface area contributed by atoms with Crippen molar-refractivity contribution in [3.8, 4) is 5.75 Å². The third kappa shape index (κ3) is 3.55. The van der Waals surface area contributed by atoms with Crippen LogP contribution in [0.25, 0.3) is 0 Å². The minimum Gasteiger partial charge on any atom is -0.426 e. The SMILES string of the molecule is CCCC(C)C(=O)Oc1ccc([N+](=O)[O-])c(C)c1. The molecule has 0 aromatic heterocycles. The number of esters is 1. The Bertz CT molecular complexity index is 456. The van der Waals surface area contributed by atoms with Gasteiger partial charge in [-0.15, -0.1) is 0 Å². The molecule has 98 valence electrons. The number of rotatable bonds is 5. The van der Waals surface area contributed by atoms with E-state index in [9.17, 15) is 14.9 Å². The Morgan fingerprint density at radius 2 is 2.17 bits per heavy atom. The van der Waals surface area contributed by atoms with E-state index >= 15 is 0 Å². The Kier molecular flexibility index (Phi) is 4.83. The van der Waals surface area contributed by atoms with E-state index in [1.165, 1.54) is 18.2 Å². The van der Waals surface area contributed by atoms with Crippen molar-refractivity contribution in [1.29, 1.82) is 0 Å². The number of nitro groups is 1. The van der Waals surface area contributed by atoms with Crippen LogP contribution in [0.2, 0.25) is 0 Å². The smallest absolute Gasteiger partial charge is 0.314 e. The van der Waals surface area contributed by atoms with Crippen LogP contribution in [0, 0.1) is 23.0 Å². The molecule has 0 aliphatic heterocycles. The van der Waals surface area contributed by atoms with E-state index in [4.69, 9.17) is 4.74 Å². The molecule has 0 N–H and O–H groups in total. The monoisotopic (exact) mass is 251 g/mol. The number of carbonyl (C=O) groups excluding carboxylic acids is 1. The fraction of sp³-hybridized carbons (Fsp3) is 0.462. The zero-order valence-corrected chi connectivity index (χ0v) is 10.8. The molecule has 1 rings (SSSR count). The van der Waals surface area contributed by atoms with E-state index in [1.54, 1.807) is 6.92 Å². The van der Waals surface area contributed by atoms with Gasteiger partial charge in [-0.05, 0) is 25.5 Å². The van der Waals surface area contributed by atoms with Crippen LogP contribution in [-0.2, 0) is 4.79 Å². The summed E-state index contributed by atoms with van der Waals surface area (Å²) in [6.07, 6.45) is 1.68. The van der Waals surface area contributed by atoms with Crippen LogP contribution in [-0.4, -0.2) is 10.9 Å². The van der Waals surface area contributed by atoms with Gasteiger partial charge in [0, 0.05) is 11.6 Å². The summed E-state index contributed by atoms with van der Waals surface area (Å²) < 4.78 is 5.18. The van der Waals surface area contributed by atoms with Crippen molar-refractivity contribution >= 4 is 11.7 Å². The second-order valence-electron chi connectivity index (χ2n) is 4.32. The lowest BCUT2D eigenvalue weighted by molar-refractivity contribution is -0.385. The molecule has 0 radical (unpaired) electrons. The quantitative estimate of drug-likeness (QED) is 0.348. The average molecular weight is 251 g/mol. The van der Waals surface area contributed by atoms with E-state index < -0.39 is 4.92 Å². The van der Waals surface area contributed by atoms with Crippen LogP contribution in [0.15, 0.2) is 18.2 Å². The van der Waals surface area contributed by atoms with Crippen molar-refractivity contribution in [2.24, 2.45) is 5.92 Å². The summed E-state index contributed by atoms with van der Waals surface area (Å²) in [4.78, 5) is 21.9. The van der Waals surface area contributed by atoms with Crippen molar-refractivity contribution in [2.75, 3.05) is 0 Å². The van der Waals surface area contributed by atoms with E-state index in [1.807, 2.05) is 13.8 Å². The van der Waals surface area contributed by atoms with Crippen molar-refractivity contribution in [3.63, 3.8) is 0 Å². The molecule has 0 bridgehead atoms. The highest BCUT2D eigenvalue weighted by Gasteiger charge is 2.16. The lowest BCUT2D eigenvalue weighted by Crippen LogP contribution is -2.17. The van der Waals surface area contributed by atoms with Crippen LogP contribution in [0.5, 0.6) is 5.75 Å². The van der Waals surface area contributed by atoms with E-state index in [-0.39, 0.29) is 17.6 Å². The van der Waals surface area contributed by atoms with E-state index in [0.717, 1.165) is 12.8 Å². The van der Waals surface area contributed by atoms with Crippen LogP contribution in [0.4, 0.5) is 5.69 Å². The van der Waals surface area contributed by atoms with Crippen molar-refractivity contribution in [2.45, 2.75) is 33.6 Å². The molecule has 5 heteroatoms. The van der Waals surface area contributed by atoms with Gasteiger partial charge in [0.15, 0.2) is 0 Å². The fourth-order valence-corrected chi connectivity index (χ4v) is 1.66. The molecule has 0 spiro atoms. The molecule has 5 nitrogen and oxygen atoms in total. The predicted molar refractivity (Wildman–Crippen MR) is 67.5 cm³/mol. The van der Waals surface area contributed by atoms with E-state index in [0.29, 0.717) is 11.3 Å². The topological polar surface area (TPSA) is 69.4 Å². The summed E-state index contributed by atoms with van der Waals surface area (Å²) >= 11 is 0. The minimum absolute atomic E-state index is 0.0244. The number of nitrogens with zero attached hydrogens (tertiary/aromatic N) is 1. The summed E-state index contributed by atoms with van der Waals surface area (Å²) in [5.74, 6) is -0.110. The Hall–Kier alpha value is -1.91. The first-order valence-corrected chi connectivity index (χ1v) is 5.92. The summed E-state index contributed by atoms with van der Waals surface area (Å²) in [5.41, 5.74) is 0.504. The van der Waals surface area contributed by atoms with Gasteiger partial charge in [0.05, 0.1) is 10.8 Å². The number of hydrogen-bond acceptors (Lipinski definition) is 4. The standard InChI is InChI=1S/C13H17NO4/c1-4-5-9(2)13(15)18-11-6-7-12(14(16)17)10(3)8-11/h6-9H,4-5H2,1-3H3. The van der Waals surface area contributed by atoms with Crippen LogP contribution in [0.3, 0.4) is 0 Å². The first-order chi connectivity index (χ1) is 8.45. The third-order valence-corrected chi connectivity index (χ3v) is 2.71. The molecular formula is C13H17NO4. The number of nitro benzene ring substituents is 1. The molecule has 0 saturated heterocycles. The van der Waals surface area contributed by atoms with Gasteiger partial charge in [-0.3, -0.25) is 14.9 Å². The summed E-state index contributed by atoms with van der Waals surface area (Å²) in [7, 11) is 0. The second kappa shape index (κ2) is 6.14. The highest BCUT2D eigenvalue weighted by atomic mass is 16.6. The minimum atomic E-state index is -0.458. The normalized spacial score (nSPS) is 11.9. The first-order valence-electron chi connectivity index (χ1n) is 5.92. The maximum absolute atomic E-state index is 11.7. The highest BCUT2D eigenvalue weighted by molar-refractivity contribution is 5.74. The molecule has 1 aromatic rings. The fourth-order valence-electron chi connectivity index (χ4n) is 1.66. The van der Waals surface area contributed by atoms with Gasteiger partial charge in [-0.1, -0.05) is 20.3 Å². The Labute approximate surface area is 106 Å². The number of carbonyl (C=O) groups is 1. The second-order valence-corrected chi connectivity index (χ2v) is 4.32. The van der Waals surface area contributed by atoms with Crippen LogP contribution in [0.1, 0.15) is 32.3 Å². The van der Waals surface area contributed by atoms with Gasteiger partial charge in [-0.25, -0.2) is 0 Å². The Morgan fingerprint density at radius 3 is 2.67 bits per heavy atom. The van der Waals surface area contributed by atoms with Gasteiger partial charge in [-0.2, -0.15) is 0 Å². The van der Waals surface area contributed by atoms with Crippen LogP contribution < -0.4 is 4.74 Å². The zero-order chi connectivity index (χ0) is 13.7. The molecule has 1 unspecified atom stereocenters. The molecular weight excluding hydrogens is 234 g/mol. The third-order valence-electron chi connectivity index (χ3n) is 2.71. The van der Waals surface area contributed by atoms with Gasteiger partial charge in [0.2, 0.25) is 0 Å². The highest BCUT2D eigenvalue weighted by Crippen LogP contribution is 2.23. The lowest BCUT2D eigenvalue weighted by atomic mass is 10.1. The van der Waals surface area contributed by atoms with Crippen molar-refractivity contribution < 1.29 is 14.5 Å². The zero-order valence-electron chi connectivity index (χ0n) is 10.8. The number of hydrogen-bond donors (Lipinski definition) is 0. The molecule has 0 aliphatic rings. The van der Waals surface area contributed by atoms with Gasteiger partial charge in [0.1, 0.15) is 5.75 Å². The van der Waals surface area contributed by atoms with Gasteiger partial charge >= 0.3 is 5.97 Å².